The van der Waals surface area contributed by atoms with Crippen LogP contribution in [0.3, 0.4) is 0 Å². The molecule has 0 aliphatic rings. The fraction of sp³-hybridized carbons (Fsp3) is 0.500. The summed E-state index contributed by atoms with van der Waals surface area (Å²) in [4.78, 5) is 22.7. The zero-order chi connectivity index (χ0) is 18.5. The second kappa shape index (κ2) is 7.55. The molecule has 0 spiro atoms. The van der Waals surface area contributed by atoms with E-state index in [4.69, 9.17) is 9.84 Å². The molecule has 0 saturated heterocycles. The van der Waals surface area contributed by atoms with Crippen molar-refractivity contribution in [3.8, 4) is 5.75 Å². The molecule has 1 amide bonds. The van der Waals surface area contributed by atoms with Crippen LogP contribution in [0, 0.1) is 0 Å². The molecule has 1 aromatic rings. The maximum atomic E-state index is 12.9. The number of ether oxygens (including phenoxy) is 1. The molecule has 0 aromatic heterocycles. The van der Waals surface area contributed by atoms with Gasteiger partial charge in [0.2, 0.25) is 0 Å². The third kappa shape index (κ3) is 6.10. The Labute approximate surface area is 137 Å². The molecular weight excluding hydrogens is 327 g/mol. The quantitative estimate of drug-likeness (QED) is 0.794. The van der Waals surface area contributed by atoms with Crippen molar-refractivity contribution in [2.75, 3.05) is 0 Å². The van der Waals surface area contributed by atoms with Gasteiger partial charge in [-0.3, -0.25) is 9.59 Å². The van der Waals surface area contributed by atoms with E-state index in [1.165, 1.54) is 19.1 Å². The number of carboxylic acid groups (broad SMARTS) is 1. The Morgan fingerprint density at radius 3 is 2.38 bits per heavy atom. The van der Waals surface area contributed by atoms with E-state index in [9.17, 15) is 22.8 Å². The highest BCUT2D eigenvalue weighted by Crippen LogP contribution is 2.36. The molecule has 8 heteroatoms. The average Bonchev–Trinajstić information content (AvgIpc) is 2.44. The number of aliphatic carboxylic acids is 1. The largest absolute Gasteiger partial charge is 0.481 e. The van der Waals surface area contributed by atoms with Gasteiger partial charge in [0, 0.05) is 12.0 Å². The molecule has 1 rings (SSSR count). The van der Waals surface area contributed by atoms with Crippen LogP contribution in [0.2, 0.25) is 0 Å². The van der Waals surface area contributed by atoms with Crippen LogP contribution < -0.4 is 10.1 Å². The zero-order valence-electron chi connectivity index (χ0n) is 13.6. The molecule has 0 aliphatic heterocycles. The van der Waals surface area contributed by atoms with Crippen LogP contribution >= 0.6 is 0 Å². The van der Waals surface area contributed by atoms with Crippen molar-refractivity contribution >= 4 is 11.9 Å². The van der Waals surface area contributed by atoms with Gasteiger partial charge in [-0.15, -0.1) is 0 Å². The lowest BCUT2D eigenvalue weighted by molar-refractivity contribution is -0.141. The number of amides is 1. The van der Waals surface area contributed by atoms with E-state index in [1.807, 2.05) is 0 Å². The number of carbonyl (C=O) groups is 2. The molecule has 0 radical (unpaired) electrons. The van der Waals surface area contributed by atoms with Gasteiger partial charge < -0.3 is 15.2 Å². The predicted molar refractivity (Wildman–Crippen MR) is 80.6 cm³/mol. The molecule has 5 nitrogen and oxygen atoms in total. The molecule has 0 bridgehead atoms. The molecule has 1 atom stereocenters. The van der Waals surface area contributed by atoms with Gasteiger partial charge in [-0.1, -0.05) is 12.1 Å². The summed E-state index contributed by atoms with van der Waals surface area (Å²) < 4.78 is 43.9. The summed E-state index contributed by atoms with van der Waals surface area (Å²) in [5.41, 5.74) is -1.79. The molecule has 134 valence electrons. The fourth-order valence-corrected chi connectivity index (χ4v) is 1.96. The molecule has 2 N–H and O–H groups in total. The lowest BCUT2D eigenvalue weighted by Gasteiger charge is -2.28. The Bertz CT molecular complexity index is 599. The van der Waals surface area contributed by atoms with E-state index >= 15 is 0 Å². The minimum absolute atomic E-state index is 0.139. The van der Waals surface area contributed by atoms with Crippen LogP contribution in [0.25, 0.3) is 0 Å². The van der Waals surface area contributed by atoms with Crippen molar-refractivity contribution < 1.29 is 32.6 Å². The highest BCUT2D eigenvalue weighted by Gasteiger charge is 2.35. The molecule has 1 unspecified atom stereocenters. The maximum Gasteiger partial charge on any atom is 0.419 e. The molecule has 1 aromatic carbocycles. The first-order chi connectivity index (χ1) is 10.9. The van der Waals surface area contributed by atoms with Crippen LogP contribution in [-0.2, 0) is 15.8 Å². The number of carboxylic acids is 1. The van der Waals surface area contributed by atoms with Crippen molar-refractivity contribution in [3.63, 3.8) is 0 Å². The van der Waals surface area contributed by atoms with E-state index in [0.29, 0.717) is 0 Å². The number of benzene rings is 1. The van der Waals surface area contributed by atoms with Crippen LogP contribution in [-0.4, -0.2) is 28.6 Å². The molecule has 0 saturated carbocycles. The standard InChI is InChI=1S/C16H20F3NO4/c1-10(14(23)20-15(2,3)9-8-13(21)22)24-12-7-5-4-6-11(12)16(17,18)19/h4-7,10H,8-9H2,1-3H3,(H,20,23)(H,21,22). The first kappa shape index (κ1) is 19.8. The van der Waals surface area contributed by atoms with Gasteiger partial charge in [-0.05, 0) is 39.3 Å². The smallest absolute Gasteiger partial charge is 0.419 e. The number of hydrogen-bond donors (Lipinski definition) is 2. The second-order valence-corrected chi connectivity index (χ2v) is 6.02. The Morgan fingerprint density at radius 1 is 1.25 bits per heavy atom. The minimum Gasteiger partial charge on any atom is -0.481 e. The van der Waals surface area contributed by atoms with Crippen LogP contribution in [0.1, 0.15) is 39.2 Å². The van der Waals surface area contributed by atoms with Crippen molar-refractivity contribution in [1.82, 2.24) is 5.32 Å². The average molecular weight is 347 g/mol. The van der Waals surface area contributed by atoms with Gasteiger partial charge >= 0.3 is 12.1 Å². The Balaban J connectivity index is 2.76. The summed E-state index contributed by atoms with van der Waals surface area (Å²) in [7, 11) is 0. The van der Waals surface area contributed by atoms with Crippen molar-refractivity contribution in [3.05, 3.63) is 29.8 Å². The first-order valence-corrected chi connectivity index (χ1v) is 7.29. The topological polar surface area (TPSA) is 75.6 Å². The summed E-state index contributed by atoms with van der Waals surface area (Å²) in [6.45, 7) is 4.59. The Morgan fingerprint density at radius 2 is 1.83 bits per heavy atom. The first-order valence-electron chi connectivity index (χ1n) is 7.29. The number of carbonyl (C=O) groups excluding carboxylic acids is 1. The molecule has 0 aliphatic carbocycles. The lowest BCUT2D eigenvalue weighted by atomic mass is 9.98. The van der Waals surface area contributed by atoms with Crippen molar-refractivity contribution in [2.24, 2.45) is 0 Å². The van der Waals surface area contributed by atoms with Gasteiger partial charge in [0.05, 0.1) is 5.56 Å². The number of hydrogen-bond acceptors (Lipinski definition) is 3. The van der Waals surface area contributed by atoms with Crippen molar-refractivity contribution in [2.45, 2.75) is 51.4 Å². The van der Waals surface area contributed by atoms with Crippen molar-refractivity contribution in [1.29, 1.82) is 0 Å². The number of nitrogens with one attached hydrogen (secondary N) is 1. The highest BCUT2D eigenvalue weighted by molar-refractivity contribution is 5.81. The van der Waals surface area contributed by atoms with Crippen LogP contribution in [0.5, 0.6) is 5.75 Å². The molecular formula is C16H20F3NO4. The number of rotatable bonds is 7. The highest BCUT2D eigenvalue weighted by atomic mass is 19.4. The second-order valence-electron chi connectivity index (χ2n) is 6.02. The normalized spacial score (nSPS) is 13.2. The molecule has 24 heavy (non-hydrogen) atoms. The van der Waals surface area contributed by atoms with E-state index in [1.54, 1.807) is 13.8 Å². The third-order valence-electron chi connectivity index (χ3n) is 3.29. The van der Waals surface area contributed by atoms with E-state index in [-0.39, 0.29) is 12.8 Å². The monoisotopic (exact) mass is 347 g/mol. The van der Waals surface area contributed by atoms with Gasteiger partial charge in [-0.25, -0.2) is 0 Å². The maximum absolute atomic E-state index is 12.9. The van der Waals surface area contributed by atoms with Gasteiger partial charge in [-0.2, -0.15) is 13.2 Å². The number of para-hydroxylation sites is 1. The summed E-state index contributed by atoms with van der Waals surface area (Å²) in [5.74, 6) is -2.06. The number of alkyl halides is 3. The number of halogens is 3. The predicted octanol–water partition coefficient (Wildman–Crippen LogP) is 3.23. The van der Waals surface area contributed by atoms with Crippen LogP contribution in [0.4, 0.5) is 13.2 Å². The van der Waals surface area contributed by atoms with Crippen LogP contribution in [0.15, 0.2) is 24.3 Å². The summed E-state index contributed by atoms with van der Waals surface area (Å²) >= 11 is 0. The van der Waals surface area contributed by atoms with Gasteiger partial charge in [0.25, 0.3) is 5.91 Å². The third-order valence-corrected chi connectivity index (χ3v) is 3.29. The summed E-state index contributed by atoms with van der Waals surface area (Å²) in [6.07, 6.45) is -5.72. The van der Waals surface area contributed by atoms with Gasteiger partial charge in [0.15, 0.2) is 6.10 Å². The lowest BCUT2D eigenvalue weighted by Crippen LogP contribution is -2.48. The minimum atomic E-state index is -4.59. The van der Waals surface area contributed by atoms with E-state index in [2.05, 4.69) is 5.32 Å². The SMILES string of the molecule is CC(Oc1ccccc1C(F)(F)F)C(=O)NC(C)(C)CCC(=O)O. The van der Waals surface area contributed by atoms with Gasteiger partial charge in [0.1, 0.15) is 5.75 Å². The summed E-state index contributed by atoms with van der Waals surface area (Å²) in [5, 5.41) is 11.3. The Kier molecular flexibility index (Phi) is 6.22. The fourth-order valence-electron chi connectivity index (χ4n) is 1.96. The molecule has 0 fully saturated rings. The Hall–Kier alpha value is -2.25. The zero-order valence-corrected chi connectivity index (χ0v) is 13.6. The molecule has 0 heterocycles. The van der Waals surface area contributed by atoms with E-state index < -0.39 is 41.0 Å². The summed E-state index contributed by atoms with van der Waals surface area (Å²) in [6, 6.07) is 4.63. The van der Waals surface area contributed by atoms with E-state index in [0.717, 1.165) is 12.1 Å².